The monoisotopic (exact) mass is 525 g/mol. The lowest BCUT2D eigenvalue weighted by molar-refractivity contribution is -0.206. The summed E-state index contributed by atoms with van der Waals surface area (Å²) in [6.45, 7) is 2.18. The molecule has 0 fully saturated rings. The van der Waals surface area contributed by atoms with Crippen LogP contribution in [-0.4, -0.2) is 41.8 Å². The Kier molecular flexibility index (Phi) is 9.21. The Hall–Kier alpha value is -2.55. The second kappa shape index (κ2) is 11.9. The molecule has 0 radical (unpaired) electrons. The molecule has 0 aliphatic carbocycles. The Morgan fingerprint density at radius 3 is 2.51 bits per heavy atom. The van der Waals surface area contributed by atoms with Crippen molar-refractivity contribution in [1.82, 2.24) is 4.90 Å². The van der Waals surface area contributed by atoms with E-state index in [-0.39, 0.29) is 44.0 Å². The molecule has 0 amide bonds. The lowest BCUT2D eigenvalue weighted by atomic mass is 9.99. The number of ether oxygens (including phenoxy) is 1. The van der Waals surface area contributed by atoms with Crippen LogP contribution in [0.15, 0.2) is 71.4 Å². The standard InChI is InChI=1S/C26H27ClF3NO3S/c1-19(21-11-14-35-18-21)17-31(25(27,26(28,29)30)22-8-3-2-4-9-22)12-6-13-34-23-10-5-7-20(15-23)16-24(32)33/h2-5,7-11,14-15,18-19H,6,12-13,16-17H2,1H3,(H,32,33). The normalized spacial score (nSPS) is 14.5. The summed E-state index contributed by atoms with van der Waals surface area (Å²) in [6.07, 6.45) is -4.57. The Bertz CT molecular complexity index is 1080. The smallest absolute Gasteiger partial charge is 0.425 e. The number of alkyl halides is 4. The maximum Gasteiger partial charge on any atom is 0.425 e. The van der Waals surface area contributed by atoms with Crippen LogP contribution in [0.1, 0.15) is 36.0 Å². The fourth-order valence-corrected chi connectivity index (χ4v) is 4.97. The molecular weight excluding hydrogens is 499 g/mol. The number of carbonyl (C=O) groups is 1. The van der Waals surface area contributed by atoms with Gasteiger partial charge in [0, 0.05) is 13.1 Å². The molecule has 3 rings (SSSR count). The molecule has 0 saturated carbocycles. The minimum atomic E-state index is -4.73. The Morgan fingerprint density at radius 1 is 1.14 bits per heavy atom. The van der Waals surface area contributed by atoms with Crippen molar-refractivity contribution in [2.45, 2.75) is 36.9 Å². The molecule has 0 aliphatic heterocycles. The van der Waals surface area contributed by atoms with E-state index in [0.717, 1.165) is 5.56 Å². The van der Waals surface area contributed by atoms with Crippen molar-refractivity contribution < 1.29 is 27.8 Å². The van der Waals surface area contributed by atoms with Crippen molar-refractivity contribution in [3.8, 4) is 5.75 Å². The highest BCUT2D eigenvalue weighted by Crippen LogP contribution is 2.48. The zero-order valence-corrected chi connectivity index (χ0v) is 20.7. The topological polar surface area (TPSA) is 49.8 Å². The predicted molar refractivity (Wildman–Crippen MR) is 132 cm³/mol. The number of thiophene rings is 1. The van der Waals surface area contributed by atoms with Crippen LogP contribution in [0.5, 0.6) is 5.75 Å². The van der Waals surface area contributed by atoms with E-state index in [1.807, 2.05) is 23.8 Å². The van der Waals surface area contributed by atoms with Crippen LogP contribution in [0, 0.1) is 0 Å². The summed E-state index contributed by atoms with van der Waals surface area (Å²) in [7, 11) is 0. The molecule has 0 spiro atoms. The molecule has 0 bridgehead atoms. The Labute approximate surface area is 211 Å². The van der Waals surface area contributed by atoms with Crippen LogP contribution in [0.3, 0.4) is 0 Å². The van der Waals surface area contributed by atoms with Gasteiger partial charge in [0.05, 0.1) is 13.0 Å². The zero-order valence-electron chi connectivity index (χ0n) is 19.2. The van der Waals surface area contributed by atoms with Gasteiger partial charge in [-0.2, -0.15) is 24.5 Å². The lowest BCUT2D eigenvalue weighted by Crippen LogP contribution is -2.53. The van der Waals surface area contributed by atoms with Crippen molar-refractivity contribution in [2.24, 2.45) is 0 Å². The highest BCUT2D eigenvalue weighted by atomic mass is 35.5. The fraction of sp³-hybridized carbons (Fsp3) is 0.346. The van der Waals surface area contributed by atoms with Crippen molar-refractivity contribution in [1.29, 1.82) is 0 Å². The lowest BCUT2D eigenvalue weighted by Gasteiger charge is -2.42. The predicted octanol–water partition coefficient (Wildman–Crippen LogP) is 6.90. The molecule has 1 N–H and O–H groups in total. The molecule has 1 aromatic heterocycles. The molecule has 2 unspecified atom stereocenters. The minimum Gasteiger partial charge on any atom is -0.494 e. The highest BCUT2D eigenvalue weighted by Gasteiger charge is 2.58. The second-order valence-electron chi connectivity index (χ2n) is 8.31. The number of carboxylic acids is 1. The third-order valence-electron chi connectivity index (χ3n) is 5.67. The summed E-state index contributed by atoms with van der Waals surface area (Å²) in [5.41, 5.74) is 1.51. The molecule has 188 valence electrons. The fourth-order valence-electron chi connectivity index (χ4n) is 3.91. The summed E-state index contributed by atoms with van der Waals surface area (Å²) < 4.78 is 49.2. The number of hydrogen-bond acceptors (Lipinski definition) is 4. The van der Waals surface area contributed by atoms with Crippen LogP contribution in [0.4, 0.5) is 13.2 Å². The number of nitrogens with zero attached hydrogens (tertiary/aromatic N) is 1. The first-order chi connectivity index (χ1) is 16.6. The maximum absolute atomic E-state index is 14.5. The number of benzene rings is 2. The average molecular weight is 526 g/mol. The first-order valence-electron chi connectivity index (χ1n) is 11.1. The number of aliphatic carboxylic acids is 1. The maximum atomic E-state index is 14.5. The SMILES string of the molecule is CC(CN(CCCOc1cccc(CC(=O)O)c1)C(Cl)(c1ccccc1)C(F)(F)F)c1ccsc1. The number of hydrogen-bond donors (Lipinski definition) is 1. The van der Waals surface area contributed by atoms with Gasteiger partial charge in [0.1, 0.15) is 5.75 Å². The molecule has 0 aliphatic rings. The summed E-state index contributed by atoms with van der Waals surface area (Å²) in [5.74, 6) is -0.652. The van der Waals surface area contributed by atoms with Gasteiger partial charge in [0.2, 0.25) is 5.00 Å². The number of rotatable bonds is 12. The van der Waals surface area contributed by atoms with Gasteiger partial charge in [-0.25, -0.2) is 0 Å². The van der Waals surface area contributed by atoms with E-state index in [2.05, 4.69) is 0 Å². The molecule has 2 aromatic carbocycles. The third-order valence-corrected chi connectivity index (χ3v) is 7.04. The first-order valence-corrected chi connectivity index (χ1v) is 12.4. The molecule has 4 nitrogen and oxygen atoms in total. The van der Waals surface area contributed by atoms with Crippen molar-refractivity contribution >= 4 is 28.9 Å². The summed E-state index contributed by atoms with van der Waals surface area (Å²) >= 11 is 7.98. The molecule has 1 heterocycles. The number of halogens is 4. The van der Waals surface area contributed by atoms with E-state index in [1.54, 1.807) is 42.5 Å². The van der Waals surface area contributed by atoms with Gasteiger partial charge in [0.25, 0.3) is 0 Å². The van der Waals surface area contributed by atoms with E-state index >= 15 is 0 Å². The van der Waals surface area contributed by atoms with Gasteiger partial charge >= 0.3 is 12.1 Å². The zero-order chi connectivity index (χ0) is 25.5. The van der Waals surface area contributed by atoms with Gasteiger partial charge in [-0.05, 0) is 58.0 Å². The number of carboxylic acid groups (broad SMARTS) is 1. The van der Waals surface area contributed by atoms with Gasteiger partial charge in [0.15, 0.2) is 0 Å². The van der Waals surface area contributed by atoms with Crippen molar-refractivity contribution in [2.75, 3.05) is 19.7 Å². The largest absolute Gasteiger partial charge is 0.494 e. The van der Waals surface area contributed by atoms with Crippen molar-refractivity contribution in [3.05, 3.63) is 88.1 Å². The molecule has 2 atom stereocenters. The summed E-state index contributed by atoms with van der Waals surface area (Å²) in [6, 6.07) is 16.1. The van der Waals surface area contributed by atoms with Gasteiger partial charge < -0.3 is 9.84 Å². The van der Waals surface area contributed by atoms with E-state index in [4.69, 9.17) is 21.4 Å². The molecular formula is C26H27ClF3NO3S. The van der Waals surface area contributed by atoms with Gasteiger partial charge in [-0.1, -0.05) is 61.0 Å². The molecule has 9 heteroatoms. The molecule has 3 aromatic rings. The van der Waals surface area contributed by atoms with Crippen LogP contribution in [0.25, 0.3) is 0 Å². The van der Waals surface area contributed by atoms with E-state index in [1.165, 1.54) is 28.4 Å². The van der Waals surface area contributed by atoms with Gasteiger partial charge in [-0.3, -0.25) is 9.69 Å². The van der Waals surface area contributed by atoms with E-state index in [0.29, 0.717) is 11.3 Å². The minimum absolute atomic E-state index is 0.0334. The van der Waals surface area contributed by atoms with Crippen LogP contribution >= 0.6 is 22.9 Å². The quantitative estimate of drug-likeness (QED) is 0.159. The Morgan fingerprint density at radius 2 is 1.89 bits per heavy atom. The average Bonchev–Trinajstić information content (AvgIpc) is 3.35. The van der Waals surface area contributed by atoms with Crippen molar-refractivity contribution in [3.63, 3.8) is 0 Å². The third kappa shape index (κ3) is 6.99. The van der Waals surface area contributed by atoms with E-state index in [9.17, 15) is 18.0 Å². The van der Waals surface area contributed by atoms with Crippen LogP contribution < -0.4 is 4.74 Å². The first kappa shape index (κ1) is 27.0. The van der Waals surface area contributed by atoms with Crippen LogP contribution in [-0.2, 0) is 16.2 Å². The molecule has 0 saturated heterocycles. The summed E-state index contributed by atoms with van der Waals surface area (Å²) in [5, 5.41) is 12.8. The highest BCUT2D eigenvalue weighted by molar-refractivity contribution is 7.08. The second-order valence-corrected chi connectivity index (χ2v) is 9.64. The van der Waals surface area contributed by atoms with Gasteiger partial charge in [-0.15, -0.1) is 0 Å². The van der Waals surface area contributed by atoms with E-state index < -0.39 is 17.1 Å². The summed E-state index contributed by atoms with van der Waals surface area (Å²) in [4.78, 5) is 9.51. The Balaban J connectivity index is 1.77. The van der Waals surface area contributed by atoms with Crippen LogP contribution in [0.2, 0.25) is 0 Å². The molecule has 35 heavy (non-hydrogen) atoms.